The Hall–Kier alpha value is -3.65. The number of sulfonamides is 1. The van der Waals surface area contributed by atoms with Crippen molar-refractivity contribution in [2.75, 3.05) is 23.9 Å². The van der Waals surface area contributed by atoms with Crippen molar-refractivity contribution in [2.45, 2.75) is 58.9 Å². The average molecular weight is 564 g/mol. The molecule has 1 N–H and O–H groups in total. The van der Waals surface area contributed by atoms with Crippen LogP contribution in [0, 0.1) is 26.7 Å². The topological polar surface area (TPSA) is 86.8 Å². The molecule has 0 aliphatic heterocycles. The molecule has 0 aliphatic rings. The number of nitrogens with zero attached hydrogens (tertiary/aromatic N) is 2. The van der Waals surface area contributed by atoms with Crippen molar-refractivity contribution in [2.24, 2.45) is 5.92 Å². The maximum Gasteiger partial charge on any atom is 0.264 e. The van der Waals surface area contributed by atoms with Gasteiger partial charge in [0.2, 0.25) is 11.8 Å². The number of aryl methyl sites for hydroxylation is 2. The number of amides is 2. The van der Waals surface area contributed by atoms with Crippen LogP contribution in [0.25, 0.3) is 0 Å². The first-order valence-electron chi connectivity index (χ1n) is 13.7. The Balaban J connectivity index is 2.00. The third-order valence-corrected chi connectivity index (χ3v) is 8.84. The van der Waals surface area contributed by atoms with Crippen LogP contribution in [0.1, 0.15) is 43.0 Å². The highest BCUT2D eigenvalue weighted by molar-refractivity contribution is 7.92. The number of benzene rings is 3. The smallest absolute Gasteiger partial charge is 0.264 e. The fraction of sp³-hybridized carbons (Fsp3) is 0.375. The van der Waals surface area contributed by atoms with Crippen molar-refractivity contribution in [1.82, 2.24) is 10.2 Å². The van der Waals surface area contributed by atoms with E-state index in [2.05, 4.69) is 5.32 Å². The van der Waals surface area contributed by atoms with Crippen LogP contribution in [-0.2, 0) is 26.0 Å². The number of anilines is 1. The standard InChI is InChI=1S/C32H41N3O4S/c1-23(2)21-33-32(37)27(6)34(20-19-28-12-8-7-9-13-28)31(36)22-35(30-14-10-11-25(4)26(30)5)40(38,39)29-17-15-24(3)16-18-29/h7-18,23,27H,19-22H2,1-6H3,(H,33,37). The zero-order chi connectivity index (χ0) is 29.4. The molecule has 0 saturated heterocycles. The van der Waals surface area contributed by atoms with E-state index in [0.29, 0.717) is 18.7 Å². The molecule has 2 amide bonds. The highest BCUT2D eigenvalue weighted by atomic mass is 32.2. The van der Waals surface area contributed by atoms with Crippen LogP contribution in [0.5, 0.6) is 0 Å². The van der Waals surface area contributed by atoms with Crippen LogP contribution < -0.4 is 9.62 Å². The fourth-order valence-corrected chi connectivity index (χ4v) is 5.85. The van der Waals surface area contributed by atoms with Crippen molar-refractivity contribution < 1.29 is 18.0 Å². The first kappa shape index (κ1) is 30.9. The molecule has 214 valence electrons. The molecule has 8 heteroatoms. The van der Waals surface area contributed by atoms with Crippen molar-refractivity contribution in [3.8, 4) is 0 Å². The Labute approximate surface area is 239 Å². The third-order valence-electron chi connectivity index (χ3n) is 7.07. The van der Waals surface area contributed by atoms with Gasteiger partial charge >= 0.3 is 0 Å². The minimum absolute atomic E-state index is 0.102. The molecule has 0 radical (unpaired) electrons. The lowest BCUT2D eigenvalue weighted by atomic mass is 10.1. The first-order chi connectivity index (χ1) is 18.9. The van der Waals surface area contributed by atoms with Gasteiger partial charge in [-0.2, -0.15) is 0 Å². The minimum Gasteiger partial charge on any atom is -0.354 e. The number of carbonyl (C=O) groups excluding carboxylic acids is 2. The van der Waals surface area contributed by atoms with E-state index < -0.39 is 28.5 Å². The summed E-state index contributed by atoms with van der Waals surface area (Å²) in [5, 5.41) is 2.91. The van der Waals surface area contributed by atoms with Crippen molar-refractivity contribution in [3.63, 3.8) is 0 Å². The molecule has 7 nitrogen and oxygen atoms in total. The summed E-state index contributed by atoms with van der Waals surface area (Å²) < 4.78 is 29.2. The zero-order valence-corrected chi connectivity index (χ0v) is 25.2. The van der Waals surface area contributed by atoms with E-state index in [1.54, 1.807) is 43.3 Å². The predicted octanol–water partition coefficient (Wildman–Crippen LogP) is 5.04. The van der Waals surface area contributed by atoms with Gasteiger partial charge in [0.1, 0.15) is 12.6 Å². The van der Waals surface area contributed by atoms with Gasteiger partial charge in [0.25, 0.3) is 10.0 Å². The van der Waals surface area contributed by atoms with E-state index in [1.165, 1.54) is 9.21 Å². The quantitative estimate of drug-likeness (QED) is 0.335. The van der Waals surface area contributed by atoms with Gasteiger partial charge < -0.3 is 10.2 Å². The van der Waals surface area contributed by atoms with E-state index >= 15 is 0 Å². The summed E-state index contributed by atoms with van der Waals surface area (Å²) in [4.78, 5) is 28.7. The summed E-state index contributed by atoms with van der Waals surface area (Å²) >= 11 is 0. The Kier molecular flexibility index (Phi) is 10.5. The molecule has 40 heavy (non-hydrogen) atoms. The second kappa shape index (κ2) is 13.6. The fourth-order valence-electron chi connectivity index (χ4n) is 4.38. The van der Waals surface area contributed by atoms with Crippen LogP contribution >= 0.6 is 0 Å². The summed E-state index contributed by atoms with van der Waals surface area (Å²) in [7, 11) is -4.09. The number of nitrogens with one attached hydrogen (secondary N) is 1. The highest BCUT2D eigenvalue weighted by Crippen LogP contribution is 2.29. The van der Waals surface area contributed by atoms with E-state index in [1.807, 2.05) is 71.0 Å². The Morgan fingerprint density at radius 2 is 1.50 bits per heavy atom. The maximum atomic E-state index is 14.0. The molecule has 0 aliphatic carbocycles. The Morgan fingerprint density at radius 3 is 2.12 bits per heavy atom. The predicted molar refractivity (Wildman–Crippen MR) is 161 cm³/mol. The zero-order valence-electron chi connectivity index (χ0n) is 24.3. The van der Waals surface area contributed by atoms with Gasteiger partial charge in [0.15, 0.2) is 0 Å². The molecule has 3 rings (SSSR count). The summed E-state index contributed by atoms with van der Waals surface area (Å²) in [5.41, 5.74) is 4.07. The van der Waals surface area contributed by atoms with Crippen molar-refractivity contribution >= 4 is 27.5 Å². The van der Waals surface area contributed by atoms with Crippen LogP contribution in [0.15, 0.2) is 77.7 Å². The molecular weight excluding hydrogens is 522 g/mol. The lowest BCUT2D eigenvalue weighted by Crippen LogP contribution is -2.52. The van der Waals surface area contributed by atoms with E-state index in [4.69, 9.17) is 0 Å². The van der Waals surface area contributed by atoms with E-state index in [9.17, 15) is 18.0 Å². The lowest BCUT2D eigenvalue weighted by molar-refractivity contribution is -0.138. The second-order valence-electron chi connectivity index (χ2n) is 10.7. The molecule has 0 spiro atoms. The van der Waals surface area contributed by atoms with Gasteiger partial charge in [-0.15, -0.1) is 0 Å². The second-order valence-corrected chi connectivity index (χ2v) is 12.5. The first-order valence-corrected chi connectivity index (χ1v) is 15.1. The Bertz CT molecular complexity index is 1400. The van der Waals surface area contributed by atoms with Gasteiger partial charge in [0.05, 0.1) is 10.6 Å². The van der Waals surface area contributed by atoms with Crippen LogP contribution in [0.4, 0.5) is 5.69 Å². The summed E-state index contributed by atoms with van der Waals surface area (Å²) in [6.07, 6.45) is 0.530. The molecule has 0 bridgehead atoms. The Morgan fingerprint density at radius 1 is 0.850 bits per heavy atom. The maximum absolute atomic E-state index is 14.0. The van der Waals surface area contributed by atoms with E-state index in [-0.39, 0.29) is 23.3 Å². The highest BCUT2D eigenvalue weighted by Gasteiger charge is 2.33. The molecular formula is C32H41N3O4S. The number of rotatable bonds is 12. The van der Waals surface area contributed by atoms with Crippen molar-refractivity contribution in [3.05, 3.63) is 95.1 Å². The molecule has 0 aromatic heterocycles. The van der Waals surface area contributed by atoms with Gasteiger partial charge in [-0.1, -0.05) is 74.0 Å². The van der Waals surface area contributed by atoms with Crippen molar-refractivity contribution in [1.29, 1.82) is 0 Å². The summed E-state index contributed by atoms with van der Waals surface area (Å²) in [6.45, 7) is 11.7. The number of hydrogen-bond donors (Lipinski definition) is 1. The molecule has 1 unspecified atom stereocenters. The summed E-state index contributed by atoms with van der Waals surface area (Å²) in [5.74, 6) is -0.460. The van der Waals surface area contributed by atoms with Gasteiger partial charge in [0, 0.05) is 13.1 Å². The normalized spacial score (nSPS) is 12.2. The van der Waals surface area contributed by atoms with Gasteiger partial charge in [-0.05, 0) is 74.9 Å². The molecule has 3 aromatic carbocycles. The molecule has 0 saturated carbocycles. The minimum atomic E-state index is -4.09. The molecule has 3 aromatic rings. The van der Waals surface area contributed by atoms with Crippen LogP contribution in [0.2, 0.25) is 0 Å². The van der Waals surface area contributed by atoms with Gasteiger partial charge in [-0.25, -0.2) is 8.42 Å². The van der Waals surface area contributed by atoms with Crippen LogP contribution in [-0.4, -0.2) is 50.8 Å². The van der Waals surface area contributed by atoms with E-state index in [0.717, 1.165) is 22.3 Å². The summed E-state index contributed by atoms with van der Waals surface area (Å²) in [6, 6.07) is 20.9. The average Bonchev–Trinajstić information content (AvgIpc) is 2.92. The largest absolute Gasteiger partial charge is 0.354 e. The lowest BCUT2D eigenvalue weighted by Gasteiger charge is -2.32. The van der Waals surface area contributed by atoms with Gasteiger partial charge in [-0.3, -0.25) is 13.9 Å². The molecule has 0 fully saturated rings. The number of carbonyl (C=O) groups is 2. The van der Waals surface area contributed by atoms with Crippen LogP contribution in [0.3, 0.4) is 0 Å². The third kappa shape index (κ3) is 7.72. The SMILES string of the molecule is Cc1ccc(S(=O)(=O)N(CC(=O)N(CCc2ccccc2)C(C)C(=O)NCC(C)C)c2cccc(C)c2C)cc1. The monoisotopic (exact) mass is 563 g/mol. The molecule has 0 heterocycles. The molecule has 1 atom stereocenters. The number of hydrogen-bond acceptors (Lipinski definition) is 4.